The second-order valence-corrected chi connectivity index (χ2v) is 14.4. The molecule has 326 valence electrons. The third kappa shape index (κ3) is 12.3. The third-order valence-corrected chi connectivity index (χ3v) is 9.20. The van der Waals surface area contributed by atoms with Crippen molar-refractivity contribution in [2.24, 2.45) is 0 Å². The zero-order chi connectivity index (χ0) is 44.3. The molecule has 2 aromatic carbocycles. The summed E-state index contributed by atoms with van der Waals surface area (Å²) in [5.74, 6) is -6.15. The molecule has 3 heterocycles. The lowest BCUT2D eigenvalue weighted by Gasteiger charge is -2.18. The number of halogens is 2. The molecule has 3 aliphatic heterocycles. The molecule has 4 unspecified atom stereocenters. The van der Waals surface area contributed by atoms with Crippen LogP contribution in [0.1, 0.15) is 85.2 Å². The van der Waals surface area contributed by atoms with Gasteiger partial charge in [0.05, 0.1) is 26.4 Å². The Morgan fingerprint density at radius 3 is 1.85 bits per heavy atom. The highest BCUT2D eigenvalue weighted by molar-refractivity contribution is 5.99. The molecule has 1 saturated heterocycles. The van der Waals surface area contributed by atoms with E-state index in [0.29, 0.717) is 17.1 Å². The zero-order valence-electron chi connectivity index (χ0n) is 34.3. The Morgan fingerprint density at radius 1 is 0.733 bits per heavy atom. The molecule has 0 radical (unpaired) electrons. The maximum absolute atomic E-state index is 14.6. The van der Waals surface area contributed by atoms with Crippen LogP contribution in [0.2, 0.25) is 0 Å². The van der Waals surface area contributed by atoms with Gasteiger partial charge in [-0.3, -0.25) is 9.59 Å². The van der Waals surface area contributed by atoms with Gasteiger partial charge in [0.2, 0.25) is 11.6 Å². The molecule has 0 spiro atoms. The lowest BCUT2D eigenvalue weighted by atomic mass is 10.0. The minimum atomic E-state index is -1.93. The molecule has 1 fully saturated rings. The third-order valence-electron chi connectivity index (χ3n) is 9.20. The van der Waals surface area contributed by atoms with Crippen molar-refractivity contribution in [3.05, 3.63) is 82.5 Å². The maximum atomic E-state index is 14.6. The molecule has 0 saturated carbocycles. The van der Waals surface area contributed by atoms with Gasteiger partial charge in [0.1, 0.15) is 52.4 Å². The van der Waals surface area contributed by atoms with Crippen molar-refractivity contribution in [3.63, 3.8) is 0 Å². The Labute approximate surface area is 345 Å². The molecule has 3 aliphatic rings. The van der Waals surface area contributed by atoms with Crippen LogP contribution in [0.25, 0.3) is 12.2 Å². The molecule has 2 aromatic rings. The van der Waals surface area contributed by atoms with Crippen molar-refractivity contribution in [1.29, 1.82) is 0 Å². The van der Waals surface area contributed by atoms with Crippen molar-refractivity contribution in [2.45, 2.75) is 95.8 Å². The number of aromatic hydroxyl groups is 1. The molecule has 6 atom stereocenters. The van der Waals surface area contributed by atoms with Gasteiger partial charge < -0.3 is 53.2 Å². The van der Waals surface area contributed by atoms with Gasteiger partial charge in [0, 0.05) is 32.1 Å². The topological polar surface area (TPSA) is 203 Å². The van der Waals surface area contributed by atoms with Gasteiger partial charge in [-0.05, 0) is 75.9 Å². The number of rotatable bonds is 5. The summed E-state index contributed by atoms with van der Waals surface area (Å²) in [6.07, 6.45) is 1.31. The molecular weight excluding hydrogens is 794 g/mol. The normalized spacial score (nSPS) is 27.8. The number of fused-ring (bicyclic) bond motifs is 3. The largest absolute Gasteiger partial charge is 0.507 e. The van der Waals surface area contributed by atoms with Crippen molar-refractivity contribution in [1.82, 2.24) is 0 Å². The number of Topliss-reactive ketones (excluding diaryl/α,β-unsaturated/α-hetero) is 2. The first-order valence-electron chi connectivity index (χ1n) is 18.9. The molecule has 17 heteroatoms. The first-order valence-corrected chi connectivity index (χ1v) is 18.9. The number of cyclic esters (lactones) is 2. The minimum Gasteiger partial charge on any atom is -0.507 e. The molecule has 0 bridgehead atoms. The zero-order valence-corrected chi connectivity index (χ0v) is 34.3. The molecule has 0 aromatic heterocycles. The predicted octanol–water partition coefficient (Wildman–Crippen LogP) is 5.87. The first kappa shape index (κ1) is 47.2. The van der Waals surface area contributed by atoms with E-state index in [1.54, 1.807) is 45.1 Å². The SMILES string of the molecule is COCOc1cc(OC)cc2c1C(=O)OC(C)C/C=C(/F)C(=O)C1OC(C)(C)O[C@H]1C/C=C/2.COc1cc(O)c2c(c1)/C=C/C[C@H](O)C(O)C(=O)/C(F)=C\CC(C)OC2=O. The number of methoxy groups -OCH3 is 3. The lowest BCUT2D eigenvalue weighted by molar-refractivity contribution is -0.153. The molecule has 0 amide bonds. The van der Waals surface area contributed by atoms with Crippen LogP contribution in [0.15, 0.2) is 60.2 Å². The second-order valence-electron chi connectivity index (χ2n) is 14.4. The lowest BCUT2D eigenvalue weighted by Crippen LogP contribution is -2.34. The number of phenols is 1. The van der Waals surface area contributed by atoms with E-state index in [2.05, 4.69) is 0 Å². The molecule has 3 N–H and O–H groups in total. The Kier molecular flexibility index (Phi) is 16.7. The number of carbonyl (C=O) groups excluding carboxylic acids is 4. The van der Waals surface area contributed by atoms with Crippen LogP contribution in [0.3, 0.4) is 0 Å². The van der Waals surface area contributed by atoms with E-state index < -0.39 is 77.6 Å². The number of aliphatic hydroxyl groups is 2. The summed E-state index contributed by atoms with van der Waals surface area (Å²) >= 11 is 0. The smallest absolute Gasteiger partial charge is 0.342 e. The van der Waals surface area contributed by atoms with Crippen molar-refractivity contribution < 1.29 is 81.2 Å². The molecular formula is C43H50F2O15. The van der Waals surface area contributed by atoms with Crippen molar-refractivity contribution >= 4 is 35.7 Å². The van der Waals surface area contributed by atoms with Crippen LogP contribution in [0.4, 0.5) is 8.78 Å². The van der Waals surface area contributed by atoms with Gasteiger partial charge in [0.25, 0.3) is 0 Å². The van der Waals surface area contributed by atoms with Crippen LogP contribution in [0.5, 0.6) is 23.0 Å². The fraction of sp³-hybridized carbons (Fsp3) is 0.442. The van der Waals surface area contributed by atoms with E-state index in [-0.39, 0.29) is 60.7 Å². The summed E-state index contributed by atoms with van der Waals surface area (Å²) in [6, 6.07) is 5.96. The summed E-state index contributed by atoms with van der Waals surface area (Å²) < 4.78 is 71.7. The van der Waals surface area contributed by atoms with Crippen LogP contribution in [0, 0.1) is 0 Å². The van der Waals surface area contributed by atoms with Crippen LogP contribution in [-0.2, 0) is 33.3 Å². The average Bonchev–Trinajstić information content (AvgIpc) is 3.52. The van der Waals surface area contributed by atoms with Crippen LogP contribution in [-0.4, -0.2) is 109 Å². The number of ketones is 2. The molecule has 5 rings (SSSR count). The Hall–Kier alpha value is -5.46. The number of benzene rings is 2. The molecule has 0 aliphatic carbocycles. The van der Waals surface area contributed by atoms with E-state index in [0.717, 1.165) is 12.2 Å². The summed E-state index contributed by atoms with van der Waals surface area (Å²) in [5, 5.41) is 29.9. The quantitative estimate of drug-likeness (QED) is 0.238. The van der Waals surface area contributed by atoms with E-state index >= 15 is 0 Å². The highest BCUT2D eigenvalue weighted by atomic mass is 19.1. The van der Waals surface area contributed by atoms with E-state index in [1.807, 2.05) is 0 Å². The number of carbonyl (C=O) groups is 4. The number of hydrogen-bond acceptors (Lipinski definition) is 15. The Morgan fingerprint density at radius 2 is 1.27 bits per heavy atom. The monoisotopic (exact) mass is 844 g/mol. The first-order chi connectivity index (χ1) is 28.4. The highest BCUT2D eigenvalue weighted by Gasteiger charge is 2.45. The number of phenolic OH excluding ortho intramolecular Hbond substituents is 1. The highest BCUT2D eigenvalue weighted by Crippen LogP contribution is 2.35. The van der Waals surface area contributed by atoms with Crippen LogP contribution >= 0.6 is 0 Å². The summed E-state index contributed by atoms with van der Waals surface area (Å²) in [7, 11) is 4.35. The van der Waals surface area contributed by atoms with Gasteiger partial charge in [-0.1, -0.05) is 24.3 Å². The number of aliphatic hydroxyl groups excluding tert-OH is 2. The van der Waals surface area contributed by atoms with Gasteiger partial charge in [-0.2, -0.15) is 0 Å². The summed E-state index contributed by atoms with van der Waals surface area (Å²) in [5.41, 5.74) is 0.800. The average molecular weight is 845 g/mol. The standard InChI is InChI=1S/C24H29FO8.C19H21FO7/c1-14-9-10-17(25)21(26)22-18(32-24(2,3)33-22)8-6-7-15-11-16(29-5)12-19(30-13-28-4)20(15)23(27)31-14;1-10-6-7-13(20)17(23)18(24)14(21)5-3-4-11-8-12(26-2)9-15(22)16(11)19(25)27-10/h6-7,10-12,14,18,22H,8-9,13H2,1-5H3;3-4,7-10,14,18,21-22,24H,5-6H2,1-2H3/b7-6+,17-10+;4-3+,13-7+/t14?,18-,22?;10?,14-,18?/m00/s1. The summed E-state index contributed by atoms with van der Waals surface area (Å²) in [4.78, 5) is 49.9. The van der Waals surface area contributed by atoms with E-state index in [4.69, 9.17) is 37.9 Å². The van der Waals surface area contributed by atoms with Gasteiger partial charge >= 0.3 is 11.9 Å². The van der Waals surface area contributed by atoms with Crippen molar-refractivity contribution in [3.8, 4) is 23.0 Å². The fourth-order valence-corrected chi connectivity index (χ4v) is 6.20. The van der Waals surface area contributed by atoms with Crippen LogP contribution < -0.4 is 14.2 Å². The van der Waals surface area contributed by atoms with E-state index in [9.17, 15) is 43.3 Å². The van der Waals surface area contributed by atoms with E-state index in [1.165, 1.54) is 52.5 Å². The van der Waals surface area contributed by atoms with Crippen molar-refractivity contribution in [2.75, 3.05) is 28.1 Å². The van der Waals surface area contributed by atoms with Gasteiger partial charge in [-0.25, -0.2) is 18.4 Å². The number of hydrogen-bond donors (Lipinski definition) is 3. The Bertz CT molecular complexity index is 2020. The number of ether oxygens (including phenoxy) is 8. The minimum absolute atomic E-state index is 0.000535. The van der Waals surface area contributed by atoms with Gasteiger partial charge in [0.15, 0.2) is 30.3 Å². The predicted molar refractivity (Wildman–Crippen MR) is 211 cm³/mol. The van der Waals surface area contributed by atoms with Gasteiger partial charge in [-0.15, -0.1) is 0 Å². The molecule has 60 heavy (non-hydrogen) atoms. The second kappa shape index (κ2) is 21.2. The fourth-order valence-electron chi connectivity index (χ4n) is 6.20. The molecule has 15 nitrogen and oxygen atoms in total. The summed E-state index contributed by atoms with van der Waals surface area (Å²) in [6.45, 7) is 6.33. The Balaban J connectivity index is 0.000000270. The number of esters is 2. The maximum Gasteiger partial charge on any atom is 0.342 e.